The first kappa shape index (κ1) is 17.0. The summed E-state index contributed by atoms with van der Waals surface area (Å²) in [5.41, 5.74) is 0.609. The molecule has 23 heavy (non-hydrogen) atoms. The fourth-order valence-corrected chi connectivity index (χ4v) is 2.91. The molecule has 2 N–H and O–H groups in total. The highest BCUT2D eigenvalue weighted by molar-refractivity contribution is 8.00. The zero-order valence-corrected chi connectivity index (χ0v) is 13.7. The molecule has 1 atom stereocenters. The molecule has 0 saturated heterocycles. The van der Waals surface area contributed by atoms with E-state index in [1.165, 1.54) is 11.8 Å². The molecule has 2 amide bonds. The molecule has 1 heterocycles. The van der Waals surface area contributed by atoms with Crippen molar-refractivity contribution in [2.75, 3.05) is 11.9 Å². The largest absolute Gasteiger partial charge is 0.346 e. The van der Waals surface area contributed by atoms with Crippen molar-refractivity contribution in [2.45, 2.75) is 23.5 Å². The Bertz CT molecular complexity index is 635. The second-order valence-electron chi connectivity index (χ2n) is 4.84. The first-order chi connectivity index (χ1) is 11.2. The molecule has 5 nitrogen and oxygen atoms in total. The minimum atomic E-state index is -0.272. The average Bonchev–Trinajstić information content (AvgIpc) is 2.59. The number of benzene rings is 1. The Balaban J connectivity index is 1.81. The number of amides is 2. The lowest BCUT2D eigenvalue weighted by molar-refractivity contribution is -0.123. The molecule has 120 valence electrons. The molecule has 1 aromatic carbocycles. The Hall–Kier alpha value is -2.34. The maximum atomic E-state index is 12.2. The van der Waals surface area contributed by atoms with Gasteiger partial charge in [-0.25, -0.2) is 0 Å². The van der Waals surface area contributed by atoms with Gasteiger partial charge in [-0.3, -0.25) is 14.6 Å². The molecule has 0 bridgehead atoms. The quantitative estimate of drug-likeness (QED) is 0.766. The van der Waals surface area contributed by atoms with Crippen LogP contribution < -0.4 is 10.6 Å². The minimum absolute atomic E-state index is 0.0560. The van der Waals surface area contributed by atoms with Crippen LogP contribution in [0.15, 0.2) is 59.8 Å². The number of thioether (sulfide) groups is 1. The van der Waals surface area contributed by atoms with E-state index < -0.39 is 0 Å². The lowest BCUT2D eigenvalue weighted by Crippen LogP contribution is -2.38. The van der Waals surface area contributed by atoms with Crippen molar-refractivity contribution in [3.05, 3.63) is 54.9 Å². The van der Waals surface area contributed by atoms with Crippen molar-refractivity contribution in [1.29, 1.82) is 0 Å². The number of rotatable bonds is 7. The summed E-state index contributed by atoms with van der Waals surface area (Å²) in [6.07, 6.45) is 3.87. The second kappa shape index (κ2) is 8.95. The van der Waals surface area contributed by atoms with Gasteiger partial charge < -0.3 is 10.6 Å². The van der Waals surface area contributed by atoms with Gasteiger partial charge in [0.1, 0.15) is 0 Å². The van der Waals surface area contributed by atoms with Crippen molar-refractivity contribution in [2.24, 2.45) is 0 Å². The Morgan fingerprint density at radius 1 is 1.17 bits per heavy atom. The monoisotopic (exact) mass is 329 g/mol. The third-order valence-electron chi connectivity index (χ3n) is 3.05. The van der Waals surface area contributed by atoms with Crippen molar-refractivity contribution < 1.29 is 9.59 Å². The number of hydrogen-bond donors (Lipinski definition) is 2. The Labute approximate surface area is 139 Å². The first-order valence-electron chi connectivity index (χ1n) is 7.38. The Kier molecular flexibility index (Phi) is 6.62. The fraction of sp³-hybridized carbons (Fsp3) is 0.235. The van der Waals surface area contributed by atoms with E-state index >= 15 is 0 Å². The molecular formula is C17H19N3O2S. The van der Waals surface area contributed by atoms with Gasteiger partial charge in [-0.1, -0.05) is 25.1 Å². The number of pyridine rings is 1. The second-order valence-corrected chi connectivity index (χ2v) is 6.11. The summed E-state index contributed by atoms with van der Waals surface area (Å²) < 4.78 is 0. The molecule has 0 aliphatic carbocycles. The van der Waals surface area contributed by atoms with E-state index in [0.717, 1.165) is 4.90 Å². The van der Waals surface area contributed by atoms with Crippen LogP contribution in [0, 0.1) is 0 Å². The van der Waals surface area contributed by atoms with E-state index in [9.17, 15) is 9.59 Å². The van der Waals surface area contributed by atoms with Crippen LogP contribution >= 0.6 is 11.8 Å². The Morgan fingerprint density at radius 2 is 1.96 bits per heavy atom. The standard InChI is InChI=1S/C17H19N3O2S/c1-2-15(23-14-8-4-3-5-9-14)17(22)19-12-16(21)20-13-7-6-10-18-11-13/h3-11,15H,2,12H2,1H3,(H,19,22)(H,20,21). The summed E-state index contributed by atoms with van der Waals surface area (Å²) in [6, 6.07) is 13.2. The molecule has 0 aliphatic rings. The summed E-state index contributed by atoms with van der Waals surface area (Å²) in [5.74, 6) is -0.409. The average molecular weight is 329 g/mol. The molecule has 6 heteroatoms. The zero-order valence-electron chi connectivity index (χ0n) is 12.9. The highest BCUT2D eigenvalue weighted by Crippen LogP contribution is 2.25. The summed E-state index contributed by atoms with van der Waals surface area (Å²) in [5, 5.41) is 5.14. The van der Waals surface area contributed by atoms with Gasteiger partial charge in [-0.2, -0.15) is 0 Å². The number of carbonyl (C=O) groups excluding carboxylic acids is 2. The molecule has 1 unspecified atom stereocenters. The van der Waals surface area contributed by atoms with E-state index in [0.29, 0.717) is 12.1 Å². The molecule has 1 aromatic heterocycles. The van der Waals surface area contributed by atoms with Crippen molar-refractivity contribution in [3.8, 4) is 0 Å². The topological polar surface area (TPSA) is 71.1 Å². The van der Waals surface area contributed by atoms with Crippen LogP contribution in [0.1, 0.15) is 13.3 Å². The number of hydrogen-bond acceptors (Lipinski definition) is 4. The lowest BCUT2D eigenvalue weighted by Gasteiger charge is -2.14. The number of nitrogens with one attached hydrogen (secondary N) is 2. The maximum Gasteiger partial charge on any atom is 0.243 e. The van der Waals surface area contributed by atoms with Gasteiger partial charge in [0.25, 0.3) is 0 Å². The molecule has 0 aliphatic heterocycles. The normalized spacial score (nSPS) is 11.5. The van der Waals surface area contributed by atoms with Gasteiger partial charge in [-0.15, -0.1) is 11.8 Å². The predicted octanol–water partition coefficient (Wildman–Crippen LogP) is 2.71. The van der Waals surface area contributed by atoms with Crippen LogP contribution in [0.2, 0.25) is 0 Å². The third-order valence-corrected chi connectivity index (χ3v) is 4.43. The van der Waals surface area contributed by atoms with Gasteiger partial charge in [0.15, 0.2) is 0 Å². The van der Waals surface area contributed by atoms with Crippen molar-refractivity contribution >= 4 is 29.3 Å². The van der Waals surface area contributed by atoms with E-state index in [-0.39, 0.29) is 23.6 Å². The molecular weight excluding hydrogens is 310 g/mol. The SMILES string of the molecule is CCC(Sc1ccccc1)C(=O)NCC(=O)Nc1cccnc1. The van der Waals surface area contributed by atoms with Gasteiger partial charge in [0.2, 0.25) is 11.8 Å². The summed E-state index contributed by atoms with van der Waals surface area (Å²) in [6.45, 7) is 1.90. The number of carbonyl (C=O) groups is 2. The molecule has 0 radical (unpaired) electrons. The molecule has 2 rings (SSSR count). The van der Waals surface area contributed by atoms with Crippen LogP contribution in [0.5, 0.6) is 0 Å². The predicted molar refractivity (Wildman–Crippen MR) is 92.3 cm³/mol. The van der Waals surface area contributed by atoms with E-state index in [1.807, 2.05) is 37.3 Å². The van der Waals surface area contributed by atoms with Crippen molar-refractivity contribution in [1.82, 2.24) is 10.3 Å². The summed E-state index contributed by atoms with van der Waals surface area (Å²) in [7, 11) is 0. The highest BCUT2D eigenvalue weighted by atomic mass is 32.2. The number of nitrogens with zero attached hydrogens (tertiary/aromatic N) is 1. The number of anilines is 1. The molecule has 0 saturated carbocycles. The molecule has 0 fully saturated rings. The lowest BCUT2D eigenvalue weighted by atomic mass is 10.3. The third kappa shape index (κ3) is 5.75. The van der Waals surface area contributed by atoms with Crippen LogP contribution in [0.25, 0.3) is 0 Å². The first-order valence-corrected chi connectivity index (χ1v) is 8.26. The maximum absolute atomic E-state index is 12.2. The van der Waals surface area contributed by atoms with E-state index in [4.69, 9.17) is 0 Å². The van der Waals surface area contributed by atoms with Crippen LogP contribution in [-0.2, 0) is 9.59 Å². The Morgan fingerprint density at radius 3 is 2.61 bits per heavy atom. The molecule has 2 aromatic rings. The summed E-state index contributed by atoms with van der Waals surface area (Å²) in [4.78, 5) is 29.0. The van der Waals surface area contributed by atoms with Crippen LogP contribution in [0.3, 0.4) is 0 Å². The van der Waals surface area contributed by atoms with Gasteiger partial charge in [0.05, 0.1) is 23.7 Å². The smallest absolute Gasteiger partial charge is 0.243 e. The highest BCUT2D eigenvalue weighted by Gasteiger charge is 2.18. The van der Waals surface area contributed by atoms with Gasteiger partial charge >= 0.3 is 0 Å². The van der Waals surface area contributed by atoms with Crippen molar-refractivity contribution in [3.63, 3.8) is 0 Å². The minimum Gasteiger partial charge on any atom is -0.346 e. The van der Waals surface area contributed by atoms with Gasteiger partial charge in [0, 0.05) is 11.1 Å². The zero-order chi connectivity index (χ0) is 16.5. The summed E-state index contributed by atoms with van der Waals surface area (Å²) >= 11 is 1.50. The van der Waals surface area contributed by atoms with E-state index in [1.54, 1.807) is 24.5 Å². The van der Waals surface area contributed by atoms with E-state index in [2.05, 4.69) is 15.6 Å². The number of aromatic nitrogens is 1. The molecule has 0 spiro atoms. The van der Waals surface area contributed by atoms with Gasteiger partial charge in [-0.05, 0) is 30.7 Å². The van der Waals surface area contributed by atoms with Crippen LogP contribution in [-0.4, -0.2) is 28.6 Å². The van der Waals surface area contributed by atoms with Crippen LogP contribution in [0.4, 0.5) is 5.69 Å². The fourth-order valence-electron chi connectivity index (χ4n) is 1.91.